The van der Waals surface area contributed by atoms with Gasteiger partial charge in [-0.15, -0.1) is 12.4 Å². The van der Waals surface area contributed by atoms with E-state index in [0.717, 1.165) is 64.1 Å². The Kier molecular flexibility index (Phi) is 6.88. The van der Waals surface area contributed by atoms with Crippen LogP contribution in [0.5, 0.6) is 5.75 Å². The standard InChI is InChI=1S/C20H26N4O2.ClH/c1-2-26-19-6-4-3-5-16(19)14-23-8-7-18-17(15-23)13-21-20(22-18)24-9-11-25-12-10-24;/h3-6,13H,2,7-12,14-15H2,1H3;1H. The SMILES string of the molecule is CCOc1ccccc1CN1CCc2nc(N3CCOCC3)ncc2C1.Cl. The fourth-order valence-electron chi connectivity index (χ4n) is 3.59. The van der Waals surface area contributed by atoms with E-state index in [1.165, 1.54) is 16.8 Å². The maximum atomic E-state index is 5.76. The molecule has 3 heterocycles. The summed E-state index contributed by atoms with van der Waals surface area (Å²) in [7, 11) is 0. The van der Waals surface area contributed by atoms with E-state index in [0.29, 0.717) is 6.61 Å². The number of rotatable bonds is 5. The largest absolute Gasteiger partial charge is 0.494 e. The van der Waals surface area contributed by atoms with Crippen molar-refractivity contribution < 1.29 is 9.47 Å². The highest BCUT2D eigenvalue weighted by molar-refractivity contribution is 5.85. The van der Waals surface area contributed by atoms with Crippen LogP contribution in [0.1, 0.15) is 23.7 Å². The van der Waals surface area contributed by atoms with Crippen molar-refractivity contribution in [3.63, 3.8) is 0 Å². The molecule has 4 rings (SSSR count). The molecule has 0 aliphatic carbocycles. The number of morpholine rings is 1. The molecule has 0 atom stereocenters. The minimum absolute atomic E-state index is 0. The Bertz CT molecular complexity index is 753. The predicted molar refractivity (Wildman–Crippen MR) is 108 cm³/mol. The van der Waals surface area contributed by atoms with Crippen molar-refractivity contribution in [2.75, 3.05) is 44.4 Å². The van der Waals surface area contributed by atoms with Gasteiger partial charge in [0.2, 0.25) is 5.95 Å². The van der Waals surface area contributed by atoms with Crippen molar-refractivity contribution in [3.8, 4) is 5.75 Å². The van der Waals surface area contributed by atoms with Crippen molar-refractivity contribution in [2.24, 2.45) is 0 Å². The van der Waals surface area contributed by atoms with Crippen molar-refractivity contribution >= 4 is 18.4 Å². The summed E-state index contributed by atoms with van der Waals surface area (Å²) in [6, 6.07) is 8.31. The third-order valence-corrected chi connectivity index (χ3v) is 4.96. The van der Waals surface area contributed by atoms with Gasteiger partial charge in [0.05, 0.1) is 25.5 Å². The summed E-state index contributed by atoms with van der Waals surface area (Å²) in [4.78, 5) is 14.1. The quantitative estimate of drug-likeness (QED) is 0.782. The summed E-state index contributed by atoms with van der Waals surface area (Å²) in [5, 5.41) is 0. The lowest BCUT2D eigenvalue weighted by Gasteiger charge is -2.31. The maximum absolute atomic E-state index is 5.76. The van der Waals surface area contributed by atoms with Gasteiger partial charge in [0.1, 0.15) is 5.75 Å². The summed E-state index contributed by atoms with van der Waals surface area (Å²) in [6.07, 6.45) is 2.97. The smallest absolute Gasteiger partial charge is 0.225 e. The van der Waals surface area contributed by atoms with Gasteiger partial charge in [0.25, 0.3) is 0 Å². The Morgan fingerprint density at radius 1 is 1.15 bits per heavy atom. The average Bonchev–Trinajstić information content (AvgIpc) is 2.70. The molecule has 0 spiro atoms. The van der Waals surface area contributed by atoms with Gasteiger partial charge in [-0.3, -0.25) is 4.90 Å². The highest BCUT2D eigenvalue weighted by atomic mass is 35.5. The zero-order chi connectivity index (χ0) is 17.8. The van der Waals surface area contributed by atoms with Gasteiger partial charge in [0.15, 0.2) is 0 Å². The topological polar surface area (TPSA) is 50.7 Å². The Morgan fingerprint density at radius 2 is 1.96 bits per heavy atom. The van der Waals surface area contributed by atoms with Crippen molar-refractivity contribution in [2.45, 2.75) is 26.4 Å². The average molecular weight is 391 g/mol. The van der Waals surface area contributed by atoms with Crippen LogP contribution in [-0.4, -0.2) is 54.3 Å². The van der Waals surface area contributed by atoms with Crippen LogP contribution in [0.15, 0.2) is 30.5 Å². The lowest BCUT2D eigenvalue weighted by molar-refractivity contribution is 0.122. The number of hydrogen-bond donors (Lipinski definition) is 0. The molecule has 7 heteroatoms. The number of hydrogen-bond acceptors (Lipinski definition) is 6. The van der Waals surface area contributed by atoms with E-state index < -0.39 is 0 Å². The Labute approximate surface area is 166 Å². The highest BCUT2D eigenvalue weighted by Gasteiger charge is 2.21. The molecule has 0 bridgehead atoms. The first-order valence-corrected chi connectivity index (χ1v) is 9.44. The predicted octanol–water partition coefficient (Wildman–Crippen LogP) is 2.69. The number of aromatic nitrogens is 2. The lowest BCUT2D eigenvalue weighted by atomic mass is 10.1. The van der Waals surface area contributed by atoms with E-state index >= 15 is 0 Å². The molecular formula is C20H27ClN4O2. The summed E-state index contributed by atoms with van der Waals surface area (Å²) >= 11 is 0. The molecule has 2 aliphatic heterocycles. The molecule has 2 aliphatic rings. The fraction of sp³-hybridized carbons (Fsp3) is 0.500. The molecule has 6 nitrogen and oxygen atoms in total. The second kappa shape index (κ2) is 9.35. The van der Waals surface area contributed by atoms with E-state index in [1.807, 2.05) is 19.2 Å². The van der Waals surface area contributed by atoms with E-state index in [9.17, 15) is 0 Å². The van der Waals surface area contributed by atoms with Gasteiger partial charge in [0, 0.05) is 56.5 Å². The van der Waals surface area contributed by atoms with Crippen molar-refractivity contribution in [1.82, 2.24) is 14.9 Å². The van der Waals surface area contributed by atoms with Crippen LogP contribution in [0, 0.1) is 0 Å². The molecule has 1 saturated heterocycles. The van der Waals surface area contributed by atoms with Gasteiger partial charge < -0.3 is 14.4 Å². The molecule has 1 aromatic heterocycles. The fourth-order valence-corrected chi connectivity index (χ4v) is 3.59. The van der Waals surface area contributed by atoms with E-state index in [-0.39, 0.29) is 12.4 Å². The molecule has 0 unspecified atom stereocenters. The monoisotopic (exact) mass is 390 g/mol. The molecule has 1 aromatic carbocycles. The van der Waals surface area contributed by atoms with E-state index in [2.05, 4.69) is 33.0 Å². The lowest BCUT2D eigenvalue weighted by Crippen LogP contribution is -2.38. The number of nitrogens with zero attached hydrogens (tertiary/aromatic N) is 4. The molecule has 27 heavy (non-hydrogen) atoms. The van der Waals surface area contributed by atoms with Gasteiger partial charge in [-0.25, -0.2) is 9.97 Å². The van der Waals surface area contributed by atoms with Gasteiger partial charge in [-0.1, -0.05) is 18.2 Å². The van der Waals surface area contributed by atoms with Crippen LogP contribution in [0.2, 0.25) is 0 Å². The van der Waals surface area contributed by atoms with Gasteiger partial charge in [-0.05, 0) is 13.0 Å². The third-order valence-electron chi connectivity index (χ3n) is 4.96. The Balaban J connectivity index is 0.00000210. The summed E-state index contributed by atoms with van der Waals surface area (Å²) in [5.74, 6) is 1.84. The number of ether oxygens (including phenoxy) is 2. The molecule has 1 fully saturated rings. The zero-order valence-electron chi connectivity index (χ0n) is 15.8. The van der Waals surface area contributed by atoms with E-state index in [4.69, 9.17) is 14.5 Å². The maximum Gasteiger partial charge on any atom is 0.225 e. The number of benzene rings is 1. The minimum Gasteiger partial charge on any atom is -0.494 e. The first-order valence-electron chi connectivity index (χ1n) is 9.44. The normalized spacial score (nSPS) is 17.1. The van der Waals surface area contributed by atoms with Crippen LogP contribution in [-0.2, 0) is 24.2 Å². The number of anilines is 1. The van der Waals surface area contributed by atoms with Crippen LogP contribution in [0.3, 0.4) is 0 Å². The van der Waals surface area contributed by atoms with Crippen LogP contribution in [0.4, 0.5) is 5.95 Å². The summed E-state index contributed by atoms with van der Waals surface area (Å²) in [6.45, 7) is 8.77. The summed E-state index contributed by atoms with van der Waals surface area (Å²) in [5.41, 5.74) is 3.67. The first-order chi connectivity index (χ1) is 12.8. The van der Waals surface area contributed by atoms with Crippen LogP contribution < -0.4 is 9.64 Å². The number of halogens is 1. The van der Waals surface area contributed by atoms with Gasteiger partial charge >= 0.3 is 0 Å². The molecule has 2 aromatic rings. The van der Waals surface area contributed by atoms with Crippen molar-refractivity contribution in [1.29, 1.82) is 0 Å². The Hall–Kier alpha value is -1.89. The molecular weight excluding hydrogens is 364 g/mol. The highest BCUT2D eigenvalue weighted by Crippen LogP contribution is 2.24. The van der Waals surface area contributed by atoms with Crippen molar-refractivity contribution in [3.05, 3.63) is 47.3 Å². The number of fused-ring (bicyclic) bond motifs is 1. The molecule has 0 amide bonds. The second-order valence-electron chi connectivity index (χ2n) is 6.74. The molecule has 146 valence electrons. The van der Waals surface area contributed by atoms with Gasteiger partial charge in [-0.2, -0.15) is 0 Å². The summed E-state index contributed by atoms with van der Waals surface area (Å²) < 4.78 is 11.2. The zero-order valence-corrected chi connectivity index (χ0v) is 16.6. The van der Waals surface area contributed by atoms with Crippen LogP contribution >= 0.6 is 12.4 Å². The van der Waals surface area contributed by atoms with E-state index in [1.54, 1.807) is 0 Å². The third kappa shape index (κ3) is 4.69. The molecule has 0 N–H and O–H groups in total. The van der Waals surface area contributed by atoms with Crippen LogP contribution in [0.25, 0.3) is 0 Å². The minimum atomic E-state index is 0. The first kappa shape index (κ1) is 19.9. The molecule has 0 radical (unpaired) electrons. The molecule has 0 saturated carbocycles. The number of para-hydroxylation sites is 1. The Morgan fingerprint density at radius 3 is 2.78 bits per heavy atom. The second-order valence-corrected chi connectivity index (χ2v) is 6.74.